The highest BCUT2D eigenvalue weighted by atomic mass is 19.4. The number of halogens is 3. The maximum Gasteiger partial charge on any atom is 0.490 e. The van der Waals surface area contributed by atoms with Crippen molar-refractivity contribution in [2.24, 2.45) is 12.8 Å². The van der Waals surface area contributed by atoms with Gasteiger partial charge in [-0.25, -0.2) is 9.78 Å². The van der Waals surface area contributed by atoms with Gasteiger partial charge in [0.05, 0.1) is 0 Å². The van der Waals surface area contributed by atoms with E-state index in [1.807, 2.05) is 24.3 Å². The summed E-state index contributed by atoms with van der Waals surface area (Å²) in [6.07, 6.45) is -1.78. The van der Waals surface area contributed by atoms with Crippen molar-refractivity contribution >= 4 is 55.9 Å². The number of nitrogens with one attached hydrogen (secondary N) is 2. The van der Waals surface area contributed by atoms with E-state index in [0.29, 0.717) is 24.5 Å². The van der Waals surface area contributed by atoms with Crippen molar-refractivity contribution in [3.05, 3.63) is 72.2 Å². The highest BCUT2D eigenvalue weighted by molar-refractivity contribution is 6.27. The van der Waals surface area contributed by atoms with Gasteiger partial charge in [-0.2, -0.15) is 13.2 Å². The zero-order valence-corrected chi connectivity index (χ0v) is 21.4. The molecule has 2 amide bonds. The van der Waals surface area contributed by atoms with E-state index in [9.17, 15) is 22.8 Å². The molecule has 0 fully saturated rings. The van der Waals surface area contributed by atoms with Crippen molar-refractivity contribution in [1.82, 2.24) is 14.9 Å². The van der Waals surface area contributed by atoms with Gasteiger partial charge in [0.15, 0.2) is 5.82 Å². The molecule has 0 atom stereocenters. The molecule has 0 aliphatic heterocycles. The molecular weight excluding hydrogens is 527 g/mol. The van der Waals surface area contributed by atoms with Crippen LogP contribution in [0.2, 0.25) is 0 Å². The smallest absolute Gasteiger partial charge is 0.475 e. The number of hydrogen-bond acceptors (Lipinski definition) is 5. The monoisotopic (exact) mass is 553 g/mol. The Bertz CT molecular complexity index is 1680. The third-order valence-electron chi connectivity index (χ3n) is 6.25. The van der Waals surface area contributed by atoms with Gasteiger partial charge in [-0.3, -0.25) is 9.59 Å². The van der Waals surface area contributed by atoms with Crippen LogP contribution in [0, 0.1) is 0 Å². The predicted molar refractivity (Wildman–Crippen MR) is 146 cm³/mol. The minimum Gasteiger partial charge on any atom is -0.475 e. The second-order valence-electron chi connectivity index (χ2n) is 9.04. The number of rotatable bonds is 7. The van der Waals surface area contributed by atoms with Gasteiger partial charge in [-0.1, -0.05) is 48.5 Å². The van der Waals surface area contributed by atoms with E-state index < -0.39 is 12.1 Å². The lowest BCUT2D eigenvalue weighted by atomic mass is 9.92. The van der Waals surface area contributed by atoms with Crippen molar-refractivity contribution in [3.8, 4) is 0 Å². The Morgan fingerprint density at radius 2 is 1.52 bits per heavy atom. The second-order valence-corrected chi connectivity index (χ2v) is 9.04. The average Bonchev–Trinajstić information content (AvgIpc) is 3.29. The standard InChI is InChI=1S/C26H25N5O2.C2HF3O2/c1-31-15-21(29-24(31)26(33)28-14-3-2-13-27)30-25(32)20-12-10-18-8-7-16-5-4-6-17-9-11-19(20)23(18)22(16)17;3-2(4,5)1(6)7/h4-12,15H,2-3,13-14,27H2,1H3,(H,28,33)(H,30,32);(H,6,7). The van der Waals surface area contributed by atoms with E-state index in [2.05, 4.69) is 45.9 Å². The number of imidazole rings is 1. The van der Waals surface area contributed by atoms with Crippen LogP contribution < -0.4 is 16.4 Å². The third kappa shape index (κ3) is 5.96. The topological polar surface area (TPSA) is 139 Å². The van der Waals surface area contributed by atoms with Crippen LogP contribution in [0.1, 0.15) is 33.8 Å². The molecule has 12 heteroatoms. The Hall–Kier alpha value is -4.71. The molecular formula is C28H26F3N5O4. The number of aryl methyl sites for hydroxylation is 1. The summed E-state index contributed by atoms with van der Waals surface area (Å²) in [7, 11) is 1.73. The summed E-state index contributed by atoms with van der Waals surface area (Å²) in [5.74, 6) is -2.72. The number of benzene rings is 4. The Labute approximate surface area is 226 Å². The molecule has 0 unspecified atom stereocenters. The van der Waals surface area contributed by atoms with Crippen LogP contribution in [0.15, 0.2) is 60.8 Å². The maximum absolute atomic E-state index is 13.2. The van der Waals surface area contributed by atoms with Gasteiger partial charge in [0, 0.05) is 25.4 Å². The summed E-state index contributed by atoms with van der Waals surface area (Å²) in [6.45, 7) is 1.13. The van der Waals surface area contributed by atoms with Gasteiger partial charge in [0.25, 0.3) is 11.8 Å². The molecule has 0 spiro atoms. The van der Waals surface area contributed by atoms with Gasteiger partial charge in [-0.15, -0.1) is 0 Å². The number of alkyl halides is 3. The van der Waals surface area contributed by atoms with Crippen molar-refractivity contribution in [1.29, 1.82) is 0 Å². The molecule has 208 valence electrons. The summed E-state index contributed by atoms with van der Waals surface area (Å²) < 4.78 is 33.3. The molecule has 40 heavy (non-hydrogen) atoms. The lowest BCUT2D eigenvalue weighted by molar-refractivity contribution is -0.192. The molecule has 5 N–H and O–H groups in total. The summed E-state index contributed by atoms with van der Waals surface area (Å²) in [5.41, 5.74) is 6.06. The predicted octanol–water partition coefficient (Wildman–Crippen LogP) is 4.67. The summed E-state index contributed by atoms with van der Waals surface area (Å²) in [6, 6.07) is 18.3. The molecule has 1 aromatic heterocycles. The molecule has 0 saturated carbocycles. The number of aliphatic carboxylic acids is 1. The quantitative estimate of drug-likeness (QED) is 0.171. The number of carbonyl (C=O) groups excluding carboxylic acids is 2. The Morgan fingerprint density at radius 1 is 0.925 bits per heavy atom. The minimum absolute atomic E-state index is 0.244. The molecule has 4 aromatic carbocycles. The number of carboxylic acids is 1. The number of unbranched alkanes of at least 4 members (excludes halogenated alkanes) is 1. The summed E-state index contributed by atoms with van der Waals surface area (Å²) in [4.78, 5) is 38.9. The maximum atomic E-state index is 13.2. The summed E-state index contributed by atoms with van der Waals surface area (Å²) in [5, 5.41) is 19.3. The molecule has 1 heterocycles. The molecule has 0 bridgehead atoms. The number of nitrogens with zero attached hydrogens (tertiary/aromatic N) is 2. The first-order valence-electron chi connectivity index (χ1n) is 12.3. The van der Waals surface area contributed by atoms with Crippen LogP contribution in [0.4, 0.5) is 19.0 Å². The number of carboxylic acid groups (broad SMARTS) is 1. The SMILES string of the molecule is Cn1cc(NC(=O)c2ccc3ccc4cccc5ccc2c3c45)nc1C(=O)NCCCCN.O=C(O)C(F)(F)F. The van der Waals surface area contributed by atoms with Crippen LogP contribution in [0.3, 0.4) is 0 Å². The van der Waals surface area contributed by atoms with E-state index >= 15 is 0 Å². The number of aromatic nitrogens is 2. The van der Waals surface area contributed by atoms with E-state index in [4.69, 9.17) is 15.6 Å². The van der Waals surface area contributed by atoms with E-state index in [1.165, 1.54) is 0 Å². The van der Waals surface area contributed by atoms with Crippen LogP contribution >= 0.6 is 0 Å². The van der Waals surface area contributed by atoms with Gasteiger partial charge < -0.3 is 26.0 Å². The van der Waals surface area contributed by atoms with E-state index in [0.717, 1.165) is 45.2 Å². The van der Waals surface area contributed by atoms with E-state index in [1.54, 1.807) is 17.8 Å². The lowest BCUT2D eigenvalue weighted by Gasteiger charge is -2.13. The Balaban J connectivity index is 0.000000470. The third-order valence-corrected chi connectivity index (χ3v) is 6.25. The van der Waals surface area contributed by atoms with Crippen molar-refractivity contribution in [2.75, 3.05) is 18.4 Å². The number of carbonyl (C=O) groups is 3. The first-order chi connectivity index (χ1) is 19.0. The summed E-state index contributed by atoms with van der Waals surface area (Å²) >= 11 is 0. The van der Waals surface area contributed by atoms with Crippen LogP contribution in [0.5, 0.6) is 0 Å². The average molecular weight is 554 g/mol. The molecule has 0 aliphatic carbocycles. The molecule has 0 radical (unpaired) electrons. The molecule has 0 saturated heterocycles. The van der Waals surface area contributed by atoms with E-state index in [-0.39, 0.29) is 17.6 Å². The number of anilines is 1. The highest BCUT2D eigenvalue weighted by Gasteiger charge is 2.38. The largest absolute Gasteiger partial charge is 0.490 e. The van der Waals surface area contributed by atoms with Gasteiger partial charge in [0.2, 0.25) is 5.82 Å². The van der Waals surface area contributed by atoms with Gasteiger partial charge in [0.1, 0.15) is 0 Å². The normalized spacial score (nSPS) is 11.4. The number of hydrogen-bond donors (Lipinski definition) is 4. The highest BCUT2D eigenvalue weighted by Crippen LogP contribution is 2.36. The number of amides is 2. The van der Waals surface area contributed by atoms with Crippen molar-refractivity contribution < 1.29 is 32.7 Å². The van der Waals surface area contributed by atoms with Crippen LogP contribution in [-0.4, -0.2) is 51.7 Å². The fourth-order valence-electron chi connectivity index (χ4n) is 4.40. The zero-order valence-electron chi connectivity index (χ0n) is 21.4. The number of nitrogens with two attached hydrogens (primary N) is 1. The fourth-order valence-corrected chi connectivity index (χ4v) is 4.40. The Kier molecular flexibility index (Phi) is 8.19. The minimum atomic E-state index is -5.08. The van der Waals surface area contributed by atoms with Gasteiger partial charge in [-0.05, 0) is 57.8 Å². The lowest BCUT2D eigenvalue weighted by Crippen LogP contribution is -2.27. The van der Waals surface area contributed by atoms with Crippen molar-refractivity contribution in [2.45, 2.75) is 19.0 Å². The second kappa shape index (κ2) is 11.6. The first-order valence-corrected chi connectivity index (χ1v) is 12.3. The fraction of sp³-hybridized carbons (Fsp3) is 0.214. The van der Waals surface area contributed by atoms with Crippen LogP contribution in [0.25, 0.3) is 32.3 Å². The van der Waals surface area contributed by atoms with Crippen LogP contribution in [-0.2, 0) is 11.8 Å². The molecule has 5 aromatic rings. The first kappa shape index (κ1) is 28.3. The van der Waals surface area contributed by atoms with Crippen molar-refractivity contribution in [3.63, 3.8) is 0 Å². The zero-order chi connectivity index (χ0) is 29.0. The molecule has 5 rings (SSSR count). The molecule has 0 aliphatic rings. The van der Waals surface area contributed by atoms with Gasteiger partial charge >= 0.3 is 12.1 Å². The molecule has 9 nitrogen and oxygen atoms in total. The Morgan fingerprint density at radius 3 is 2.15 bits per heavy atom.